The van der Waals surface area contributed by atoms with Crippen LogP contribution in [0.1, 0.15) is 102 Å². The summed E-state index contributed by atoms with van der Waals surface area (Å²) in [5, 5.41) is 3.94. The number of azide groups is 1. The van der Waals surface area contributed by atoms with Crippen molar-refractivity contribution in [1.29, 1.82) is 0 Å². The van der Waals surface area contributed by atoms with E-state index in [1.54, 1.807) is 6.92 Å². The molecule has 4 aliphatic heterocycles. The number of hydrogen-bond acceptors (Lipinski definition) is 35. The number of ether oxygens (including phenoxy) is 19. The zero-order chi connectivity index (χ0) is 84.9. The number of rotatable bonds is 32. The zero-order valence-electron chi connectivity index (χ0n) is 65.1. The number of halogens is 1. The number of aromatic amines is 1. The molecule has 5 heterocycles. The van der Waals surface area contributed by atoms with Gasteiger partial charge in [-0.25, -0.2) is 9.59 Å². The maximum atomic E-state index is 15.7. The normalized spacial score (nSPS) is 24.1. The number of esters is 10. The number of fused-ring (bicyclic) bond motifs is 4. The predicted molar refractivity (Wildman–Crippen MR) is 392 cm³/mol. The maximum Gasteiger partial charge on any atom is 0.340 e. The second-order valence-corrected chi connectivity index (χ2v) is 28.3. The van der Waals surface area contributed by atoms with Crippen molar-refractivity contribution < 1.29 is 160 Å². The Labute approximate surface area is 666 Å². The Kier molecular flexibility index (Phi) is 29.7. The van der Waals surface area contributed by atoms with Gasteiger partial charge in [0.1, 0.15) is 22.4 Å². The minimum Gasteiger partial charge on any atom is -0.497 e. The molecular formula is C74H85ClN6O34S. The number of methoxy groups -OCH3 is 3. The van der Waals surface area contributed by atoms with Crippen molar-refractivity contribution in [3.63, 3.8) is 0 Å². The van der Waals surface area contributed by atoms with Crippen LogP contribution < -0.4 is 28.0 Å². The molecule has 116 heavy (non-hydrogen) atoms. The second-order valence-electron chi connectivity index (χ2n) is 26.4. The number of amides is 2. The van der Waals surface area contributed by atoms with E-state index in [0.29, 0.717) is 5.56 Å². The Morgan fingerprint density at radius 3 is 1.76 bits per heavy atom. The van der Waals surface area contributed by atoms with Crippen molar-refractivity contribution in [3.05, 3.63) is 87.9 Å². The molecule has 3 fully saturated rings. The van der Waals surface area contributed by atoms with Gasteiger partial charge in [-0.05, 0) is 78.0 Å². The van der Waals surface area contributed by atoms with Gasteiger partial charge in [0, 0.05) is 138 Å². The number of alkyl halides is 1. The summed E-state index contributed by atoms with van der Waals surface area (Å²) in [4.78, 5) is 167. The lowest BCUT2D eigenvalue weighted by Gasteiger charge is -2.46. The summed E-state index contributed by atoms with van der Waals surface area (Å²) in [6, 6.07) is 13.2. The molecule has 16 atom stereocenters. The van der Waals surface area contributed by atoms with Crippen LogP contribution in [0.2, 0.25) is 0 Å². The number of H-pyrrole nitrogens is 1. The summed E-state index contributed by atoms with van der Waals surface area (Å²) in [6.07, 6.45) is -25.1. The van der Waals surface area contributed by atoms with Gasteiger partial charge in [0.15, 0.2) is 78.1 Å². The molecule has 1 aromatic heterocycles. The molecule has 3 saturated heterocycles. The van der Waals surface area contributed by atoms with Crippen LogP contribution >= 0.6 is 11.6 Å². The summed E-state index contributed by atoms with van der Waals surface area (Å²) in [5.74, 6) is -14.6. The van der Waals surface area contributed by atoms with E-state index >= 15 is 13.2 Å². The molecule has 628 valence electrons. The van der Waals surface area contributed by atoms with Crippen LogP contribution in [0.15, 0.2) is 70.7 Å². The molecule has 1 unspecified atom stereocenters. The smallest absolute Gasteiger partial charge is 0.340 e. The standard InChI is InChI=1S/C74H85ClN6O34S/c1-15-100-52-26-43-24-49(78-48(43)28-53(52)111-73-67(109-41(10)89)61(104-36(5)84)60(103-35(4)83)55(112-73)32-101-72-66(108-40(9)88)63(106-38(7)86)62(105-37(6)85)64(114-72)71(93)98-14)69(91)81-31-44(30-75)57-47-27-45(96-12)17-18-46(47)56(29-50(57)81)116(94,95)115-54-25-42(68(90)80(11)21-23-99-22-20-77-79-76)16-19-51(54)110-74-65(107-39(8)87)58(102-34(3)82)33(2)59(113-74)70(92)97-13/h16-19,24-29,33,44,55,58-67,72-74,78H,15,20-23,30-32H2,1-14H3/t33-,44+,55+,58-,59-,60-,61-,62-,63-,64?,65+,66+,67+,72+,73+,74+/m0/s1. The summed E-state index contributed by atoms with van der Waals surface area (Å²) in [7, 11) is -0.501. The van der Waals surface area contributed by atoms with Gasteiger partial charge in [-0.2, -0.15) is 8.42 Å². The van der Waals surface area contributed by atoms with Gasteiger partial charge in [-0.3, -0.25) is 47.9 Å². The number of anilines is 1. The number of benzene rings is 4. The van der Waals surface area contributed by atoms with Gasteiger partial charge in [-0.15, -0.1) is 11.6 Å². The molecule has 42 heteroatoms. The highest BCUT2D eigenvalue weighted by molar-refractivity contribution is 7.87. The van der Waals surface area contributed by atoms with Crippen molar-refractivity contribution >= 4 is 121 Å². The second kappa shape index (κ2) is 38.9. The maximum absolute atomic E-state index is 15.7. The van der Waals surface area contributed by atoms with Gasteiger partial charge < -0.3 is 109 Å². The van der Waals surface area contributed by atoms with Crippen molar-refractivity contribution in [2.45, 2.75) is 166 Å². The van der Waals surface area contributed by atoms with E-state index in [0.717, 1.165) is 81.7 Å². The number of nitrogens with one attached hydrogen (secondary N) is 1. The van der Waals surface area contributed by atoms with E-state index in [-0.39, 0.29) is 101 Å². The fourth-order valence-electron chi connectivity index (χ4n) is 13.5. The number of nitrogens with zero attached hydrogens (tertiary/aromatic N) is 5. The minimum absolute atomic E-state index is 0.00114. The van der Waals surface area contributed by atoms with Gasteiger partial charge >= 0.3 is 69.8 Å². The van der Waals surface area contributed by atoms with Crippen LogP contribution in [0.5, 0.6) is 28.7 Å². The highest BCUT2D eigenvalue weighted by Gasteiger charge is 2.58. The first kappa shape index (κ1) is 88.6. The molecule has 0 radical (unpaired) electrons. The largest absolute Gasteiger partial charge is 0.497 e. The molecule has 9 rings (SSSR count). The summed E-state index contributed by atoms with van der Waals surface area (Å²) < 4.78 is 147. The SMILES string of the molecule is CCOc1cc2cc(C(=O)N3C[C@@H](CCl)c4c3cc(S(=O)(=O)Oc3cc(C(=O)N(C)CCOCCN=[N+]=[N-])ccc3O[C@@H]3O[C@H](C(=O)OC)[C@@H](C)[C@H](OC(C)=O)[C@H]3OC(C)=O)c3ccc(OC)cc43)[nH]c2cc1O[C@@H]1O[C@H](CO[C@@H]2OC(C(=O)OC)[C@@H](OC(C)=O)[C@H](OC(C)=O)[C@H]2OC(C)=O)[C@H](OC(C)=O)[C@H](OC(C)=O)[C@H]1OC(C)=O. The van der Waals surface area contributed by atoms with Crippen molar-refractivity contribution in [2.75, 3.05) is 85.2 Å². The Morgan fingerprint density at radius 1 is 0.612 bits per heavy atom. The van der Waals surface area contributed by atoms with E-state index in [1.807, 2.05) is 0 Å². The summed E-state index contributed by atoms with van der Waals surface area (Å²) >= 11 is 6.78. The molecule has 40 nitrogen and oxygen atoms in total. The predicted octanol–water partition coefficient (Wildman–Crippen LogP) is 5.26. The third kappa shape index (κ3) is 20.8. The Bertz CT molecular complexity index is 4740. The lowest BCUT2D eigenvalue weighted by molar-refractivity contribution is -0.323. The lowest BCUT2D eigenvalue weighted by Crippen LogP contribution is -2.65. The molecule has 2 amide bonds. The van der Waals surface area contributed by atoms with Crippen LogP contribution in [0.3, 0.4) is 0 Å². The van der Waals surface area contributed by atoms with Gasteiger partial charge in [0.25, 0.3) is 11.8 Å². The fraction of sp³-hybridized carbons (Fsp3) is 0.514. The van der Waals surface area contributed by atoms with Gasteiger partial charge in [0.05, 0.1) is 47.8 Å². The third-order valence-electron chi connectivity index (χ3n) is 18.2. The first-order valence-corrected chi connectivity index (χ1v) is 37.7. The quantitative estimate of drug-likeness (QED) is 0.00838. The molecule has 4 aliphatic rings. The van der Waals surface area contributed by atoms with Gasteiger partial charge in [0.2, 0.25) is 24.8 Å². The highest BCUT2D eigenvalue weighted by atomic mass is 35.5. The number of carbonyl (C=O) groups excluding carboxylic acids is 12. The lowest BCUT2D eigenvalue weighted by atomic mass is 9.90. The monoisotopic (exact) mass is 1670 g/mol. The van der Waals surface area contributed by atoms with E-state index in [4.69, 9.17) is 111 Å². The van der Waals surface area contributed by atoms with Crippen molar-refractivity contribution in [1.82, 2.24) is 9.88 Å². The van der Waals surface area contributed by atoms with Crippen LogP contribution in [0.25, 0.3) is 32.1 Å². The zero-order valence-corrected chi connectivity index (χ0v) is 66.6. The molecule has 0 spiro atoms. The number of aromatic nitrogens is 1. The van der Waals surface area contributed by atoms with Crippen molar-refractivity contribution in [3.8, 4) is 28.7 Å². The molecular weight excluding hydrogens is 1580 g/mol. The molecule has 0 bridgehead atoms. The molecule has 0 saturated carbocycles. The summed E-state index contributed by atoms with van der Waals surface area (Å²) in [6.45, 7) is 9.91. The van der Waals surface area contributed by atoms with Crippen LogP contribution in [-0.2, 0) is 129 Å². The van der Waals surface area contributed by atoms with E-state index < -0.39 is 202 Å². The molecule has 5 aromatic rings. The fourth-order valence-corrected chi connectivity index (χ4v) is 14.9. The van der Waals surface area contributed by atoms with Crippen LogP contribution in [0.4, 0.5) is 5.69 Å². The average molecular weight is 1670 g/mol. The highest BCUT2D eigenvalue weighted by Crippen LogP contribution is 2.48. The molecule has 1 N–H and O–H groups in total. The van der Waals surface area contributed by atoms with E-state index in [9.17, 15) is 52.7 Å². The first-order chi connectivity index (χ1) is 55.0. The first-order valence-electron chi connectivity index (χ1n) is 35.7. The average Bonchev–Trinajstić information content (AvgIpc) is 1.54. The summed E-state index contributed by atoms with van der Waals surface area (Å²) in [5.41, 5.74) is 8.88. The Hall–Kier alpha value is -11.3. The Balaban J connectivity index is 1.11. The topological polar surface area (TPSA) is 495 Å². The number of likely N-dealkylation sites (N-methyl/N-ethyl adjacent to an activating group) is 1. The minimum atomic E-state index is -5.31. The van der Waals surface area contributed by atoms with Crippen molar-refractivity contribution in [2.24, 2.45) is 11.0 Å². The molecule has 4 aromatic carbocycles. The number of hydrogen-bond donors (Lipinski definition) is 1. The third-order valence-corrected chi connectivity index (χ3v) is 19.8. The molecule has 0 aliphatic carbocycles. The van der Waals surface area contributed by atoms with E-state index in [2.05, 4.69) is 15.0 Å². The van der Waals surface area contributed by atoms with Crippen LogP contribution in [-0.4, -0.2) is 256 Å². The Morgan fingerprint density at radius 2 is 1.16 bits per heavy atom. The van der Waals surface area contributed by atoms with Crippen LogP contribution in [0, 0.1) is 5.92 Å². The number of carbonyl (C=O) groups is 12. The van der Waals surface area contributed by atoms with E-state index in [1.165, 1.54) is 79.4 Å². The van der Waals surface area contributed by atoms with Gasteiger partial charge in [-0.1, -0.05) is 12.0 Å².